The van der Waals surface area contributed by atoms with Crippen LogP contribution in [0, 0.1) is 5.92 Å². The Kier molecular flexibility index (Phi) is 5.26. The maximum absolute atomic E-state index is 10.8. The summed E-state index contributed by atoms with van der Waals surface area (Å²) < 4.78 is 0. The maximum atomic E-state index is 10.8. The lowest BCUT2D eigenvalue weighted by molar-refractivity contribution is -0.138. The number of nitrogens with zero attached hydrogens (tertiary/aromatic N) is 1. The van der Waals surface area contributed by atoms with Crippen molar-refractivity contribution in [3.8, 4) is 0 Å². The van der Waals surface area contributed by atoms with Gasteiger partial charge in [0.15, 0.2) is 0 Å². The van der Waals surface area contributed by atoms with Gasteiger partial charge < -0.3 is 5.11 Å². The molecule has 1 aliphatic carbocycles. The van der Waals surface area contributed by atoms with E-state index in [0.717, 1.165) is 12.3 Å². The van der Waals surface area contributed by atoms with Crippen molar-refractivity contribution in [1.29, 1.82) is 0 Å². The van der Waals surface area contributed by atoms with Gasteiger partial charge in [-0.3, -0.25) is 9.69 Å². The van der Waals surface area contributed by atoms with Crippen LogP contribution >= 0.6 is 0 Å². The second-order valence-electron chi connectivity index (χ2n) is 5.24. The molecule has 0 radical (unpaired) electrons. The van der Waals surface area contributed by atoms with Crippen molar-refractivity contribution in [2.24, 2.45) is 5.92 Å². The average molecular weight is 227 g/mol. The highest BCUT2D eigenvalue weighted by atomic mass is 16.4. The molecule has 0 aromatic carbocycles. The van der Waals surface area contributed by atoms with Gasteiger partial charge in [0, 0.05) is 12.1 Å². The number of aliphatic carboxylic acids is 1. The Hall–Kier alpha value is -0.570. The quantitative estimate of drug-likeness (QED) is 0.785. The highest BCUT2D eigenvalue weighted by Gasteiger charge is 2.26. The van der Waals surface area contributed by atoms with Crippen molar-refractivity contribution in [2.75, 3.05) is 7.05 Å². The average Bonchev–Trinajstić information content (AvgIpc) is 2.25. The lowest BCUT2D eigenvalue weighted by atomic mass is 9.86. The molecule has 3 nitrogen and oxygen atoms in total. The number of rotatable bonds is 5. The molecule has 0 bridgehead atoms. The van der Waals surface area contributed by atoms with Crippen LogP contribution in [0.1, 0.15) is 52.4 Å². The van der Waals surface area contributed by atoms with Crippen LogP contribution < -0.4 is 0 Å². The highest BCUT2D eigenvalue weighted by Crippen LogP contribution is 2.28. The smallest absolute Gasteiger partial charge is 0.304 e. The molecule has 0 aliphatic heterocycles. The van der Waals surface area contributed by atoms with Gasteiger partial charge in [-0.25, -0.2) is 0 Å². The molecule has 1 unspecified atom stereocenters. The fourth-order valence-electron chi connectivity index (χ4n) is 2.73. The zero-order chi connectivity index (χ0) is 12.1. The topological polar surface area (TPSA) is 40.5 Å². The molecular formula is C13H25NO2. The van der Waals surface area contributed by atoms with Crippen LogP contribution in [-0.4, -0.2) is 35.1 Å². The number of carbonyl (C=O) groups is 1. The fourth-order valence-corrected chi connectivity index (χ4v) is 2.73. The maximum Gasteiger partial charge on any atom is 0.304 e. The summed E-state index contributed by atoms with van der Waals surface area (Å²) in [7, 11) is 2.10. The molecule has 1 rings (SSSR count). The van der Waals surface area contributed by atoms with E-state index in [9.17, 15) is 4.79 Å². The van der Waals surface area contributed by atoms with Gasteiger partial charge in [0.2, 0.25) is 0 Å². The van der Waals surface area contributed by atoms with Crippen molar-refractivity contribution < 1.29 is 9.90 Å². The minimum atomic E-state index is -0.678. The van der Waals surface area contributed by atoms with Crippen LogP contribution in [0.25, 0.3) is 0 Å². The normalized spacial score (nSPS) is 28.0. The Balaban J connectivity index is 2.47. The molecule has 1 saturated carbocycles. The molecular weight excluding hydrogens is 202 g/mol. The first-order valence-corrected chi connectivity index (χ1v) is 6.48. The molecule has 1 fully saturated rings. The first kappa shape index (κ1) is 13.5. The molecule has 0 aromatic heterocycles. The van der Waals surface area contributed by atoms with E-state index in [2.05, 4.69) is 25.8 Å². The fraction of sp³-hybridized carbons (Fsp3) is 0.923. The summed E-state index contributed by atoms with van der Waals surface area (Å²) in [5.74, 6) is 0.173. The Morgan fingerprint density at radius 2 is 1.94 bits per heavy atom. The van der Waals surface area contributed by atoms with Crippen LogP contribution in [0.2, 0.25) is 0 Å². The molecule has 0 heterocycles. The molecule has 94 valence electrons. The molecule has 0 saturated heterocycles. The van der Waals surface area contributed by atoms with Crippen molar-refractivity contribution in [3.63, 3.8) is 0 Å². The van der Waals surface area contributed by atoms with E-state index < -0.39 is 5.97 Å². The third-order valence-electron chi connectivity index (χ3n) is 4.02. The Morgan fingerprint density at radius 1 is 1.38 bits per heavy atom. The summed E-state index contributed by atoms with van der Waals surface area (Å²) in [6, 6.07) is 0.802. The predicted octanol–water partition coefficient (Wildman–Crippen LogP) is 2.75. The van der Waals surface area contributed by atoms with Gasteiger partial charge in [-0.1, -0.05) is 13.8 Å². The molecule has 0 spiro atoms. The van der Waals surface area contributed by atoms with Gasteiger partial charge in [0.05, 0.1) is 6.42 Å². The van der Waals surface area contributed by atoms with E-state index in [-0.39, 0.29) is 12.5 Å². The third kappa shape index (κ3) is 3.78. The van der Waals surface area contributed by atoms with E-state index in [0.29, 0.717) is 6.04 Å². The van der Waals surface area contributed by atoms with Crippen LogP contribution in [0.3, 0.4) is 0 Å². The Labute approximate surface area is 98.8 Å². The number of carboxylic acids is 1. The summed E-state index contributed by atoms with van der Waals surface area (Å²) in [6.45, 7) is 4.39. The van der Waals surface area contributed by atoms with E-state index in [1.807, 2.05) is 0 Å². The van der Waals surface area contributed by atoms with Crippen molar-refractivity contribution >= 4 is 5.97 Å². The molecule has 1 atom stereocenters. The molecule has 0 amide bonds. The van der Waals surface area contributed by atoms with Gasteiger partial charge in [-0.15, -0.1) is 0 Å². The number of hydrogen-bond acceptors (Lipinski definition) is 2. The van der Waals surface area contributed by atoms with Gasteiger partial charge in [-0.2, -0.15) is 0 Å². The summed E-state index contributed by atoms with van der Waals surface area (Å²) in [6.07, 6.45) is 6.24. The summed E-state index contributed by atoms with van der Waals surface area (Å²) in [5.41, 5.74) is 0. The second kappa shape index (κ2) is 6.24. The van der Waals surface area contributed by atoms with Crippen LogP contribution in [0.5, 0.6) is 0 Å². The summed E-state index contributed by atoms with van der Waals surface area (Å²) in [5, 5.41) is 8.88. The Morgan fingerprint density at radius 3 is 2.38 bits per heavy atom. The van der Waals surface area contributed by atoms with E-state index in [4.69, 9.17) is 5.11 Å². The summed E-state index contributed by atoms with van der Waals surface area (Å²) in [4.78, 5) is 13.1. The third-order valence-corrected chi connectivity index (χ3v) is 4.02. The predicted molar refractivity (Wildman–Crippen MR) is 65.5 cm³/mol. The molecule has 1 aliphatic rings. The van der Waals surface area contributed by atoms with E-state index in [1.54, 1.807) is 0 Å². The van der Waals surface area contributed by atoms with E-state index in [1.165, 1.54) is 25.7 Å². The standard InChI is InChI=1S/C13H25NO2/c1-4-11(9-13(15)16)14(3)12-7-5-10(2)6-8-12/h10-12H,4-9H2,1-3H3,(H,15,16). The molecule has 16 heavy (non-hydrogen) atoms. The lowest BCUT2D eigenvalue weighted by Crippen LogP contribution is -2.42. The van der Waals surface area contributed by atoms with Gasteiger partial charge in [-0.05, 0) is 45.1 Å². The Bertz CT molecular complexity index is 222. The first-order valence-electron chi connectivity index (χ1n) is 6.48. The van der Waals surface area contributed by atoms with Crippen molar-refractivity contribution in [3.05, 3.63) is 0 Å². The zero-order valence-electron chi connectivity index (χ0n) is 10.8. The molecule has 3 heteroatoms. The number of hydrogen-bond donors (Lipinski definition) is 1. The SMILES string of the molecule is CCC(CC(=O)O)N(C)C1CCC(C)CC1. The second-order valence-corrected chi connectivity index (χ2v) is 5.24. The molecule has 0 aromatic rings. The van der Waals surface area contributed by atoms with Crippen molar-refractivity contribution in [2.45, 2.75) is 64.5 Å². The van der Waals surface area contributed by atoms with Gasteiger partial charge >= 0.3 is 5.97 Å². The lowest BCUT2D eigenvalue weighted by Gasteiger charge is -2.37. The van der Waals surface area contributed by atoms with Gasteiger partial charge in [0.1, 0.15) is 0 Å². The summed E-state index contributed by atoms with van der Waals surface area (Å²) >= 11 is 0. The molecule has 1 N–H and O–H groups in total. The van der Waals surface area contributed by atoms with Crippen molar-refractivity contribution in [1.82, 2.24) is 4.90 Å². The van der Waals surface area contributed by atoms with Crippen LogP contribution in [0.15, 0.2) is 0 Å². The van der Waals surface area contributed by atoms with Gasteiger partial charge in [0.25, 0.3) is 0 Å². The van der Waals surface area contributed by atoms with Crippen LogP contribution in [0.4, 0.5) is 0 Å². The number of carboxylic acid groups (broad SMARTS) is 1. The minimum absolute atomic E-state index is 0.205. The van der Waals surface area contributed by atoms with Crippen LogP contribution in [-0.2, 0) is 4.79 Å². The highest BCUT2D eigenvalue weighted by molar-refractivity contribution is 5.67. The van der Waals surface area contributed by atoms with E-state index >= 15 is 0 Å². The zero-order valence-corrected chi connectivity index (χ0v) is 10.8. The minimum Gasteiger partial charge on any atom is -0.481 e. The first-order chi connectivity index (χ1) is 7.54. The largest absolute Gasteiger partial charge is 0.481 e. The monoisotopic (exact) mass is 227 g/mol.